The Morgan fingerprint density at radius 2 is 1.94 bits per heavy atom. The van der Waals surface area contributed by atoms with Crippen molar-refractivity contribution in [3.63, 3.8) is 0 Å². The van der Waals surface area contributed by atoms with Crippen molar-refractivity contribution < 1.29 is 9.53 Å². The van der Waals surface area contributed by atoms with Crippen molar-refractivity contribution in [2.24, 2.45) is 4.99 Å². The Kier molecular flexibility index (Phi) is 11.2. The molecule has 9 heteroatoms. The molecular weight excluding hydrogens is 531 g/mol. The van der Waals surface area contributed by atoms with Crippen molar-refractivity contribution in [2.45, 2.75) is 20.3 Å². The van der Waals surface area contributed by atoms with Gasteiger partial charge in [-0.25, -0.2) is 4.68 Å². The van der Waals surface area contributed by atoms with E-state index in [0.29, 0.717) is 25.4 Å². The van der Waals surface area contributed by atoms with Gasteiger partial charge < -0.3 is 20.7 Å². The molecule has 0 spiro atoms. The van der Waals surface area contributed by atoms with Gasteiger partial charge in [0.25, 0.3) is 0 Å². The number of halogens is 1. The molecule has 8 nitrogen and oxygen atoms in total. The van der Waals surface area contributed by atoms with Crippen molar-refractivity contribution in [1.29, 1.82) is 0 Å². The molecule has 1 aromatic heterocycles. The standard InChI is InChI=1S/C24H30N6O2.HI/c1-3-25-24(27-15-17-32-23-7-4-6-21(18-23)29-19(2)31)26-14-12-20-8-10-22(11-9-20)30-16-5-13-28-30;/h4-11,13,16,18H,3,12,14-15,17H2,1-2H3,(H,29,31)(H2,25,26,27);1H. The first-order valence-corrected chi connectivity index (χ1v) is 10.8. The number of hydrogen-bond donors (Lipinski definition) is 3. The first kappa shape index (κ1) is 26.2. The molecule has 0 fully saturated rings. The van der Waals surface area contributed by atoms with Crippen LogP contribution in [-0.2, 0) is 11.2 Å². The molecule has 1 amide bonds. The summed E-state index contributed by atoms with van der Waals surface area (Å²) in [4.78, 5) is 15.8. The summed E-state index contributed by atoms with van der Waals surface area (Å²) in [5, 5.41) is 13.5. The number of rotatable bonds is 10. The highest BCUT2D eigenvalue weighted by atomic mass is 127. The van der Waals surface area contributed by atoms with Crippen molar-refractivity contribution in [2.75, 3.05) is 31.6 Å². The summed E-state index contributed by atoms with van der Waals surface area (Å²) in [6, 6.07) is 17.6. The van der Waals surface area contributed by atoms with Crippen molar-refractivity contribution >= 4 is 41.5 Å². The Hall–Kier alpha value is -3.08. The molecule has 0 saturated carbocycles. The van der Waals surface area contributed by atoms with Crippen LogP contribution in [0.2, 0.25) is 0 Å². The second-order valence-electron chi connectivity index (χ2n) is 7.11. The molecule has 176 valence electrons. The number of carbonyl (C=O) groups is 1. The van der Waals surface area contributed by atoms with Gasteiger partial charge in [-0.1, -0.05) is 18.2 Å². The third kappa shape index (κ3) is 9.13. The molecule has 3 rings (SSSR count). The average molecular weight is 562 g/mol. The average Bonchev–Trinajstić information content (AvgIpc) is 3.32. The van der Waals surface area contributed by atoms with Gasteiger partial charge in [-0.15, -0.1) is 24.0 Å². The lowest BCUT2D eigenvalue weighted by molar-refractivity contribution is -0.114. The molecule has 0 aliphatic rings. The van der Waals surface area contributed by atoms with E-state index in [-0.39, 0.29) is 29.9 Å². The fraction of sp³-hybridized carbons (Fsp3) is 0.292. The summed E-state index contributed by atoms with van der Waals surface area (Å²) < 4.78 is 7.61. The number of ether oxygens (including phenoxy) is 1. The second-order valence-corrected chi connectivity index (χ2v) is 7.11. The molecule has 2 aromatic carbocycles. The topological polar surface area (TPSA) is 92.6 Å². The van der Waals surface area contributed by atoms with Crippen LogP contribution >= 0.6 is 24.0 Å². The minimum Gasteiger partial charge on any atom is -0.492 e. The van der Waals surface area contributed by atoms with Gasteiger partial charge in [-0.3, -0.25) is 9.79 Å². The fourth-order valence-corrected chi connectivity index (χ4v) is 3.08. The predicted octanol–water partition coefficient (Wildman–Crippen LogP) is 3.63. The molecule has 3 N–H and O–H groups in total. The Balaban J connectivity index is 0.00000385. The van der Waals surface area contributed by atoms with E-state index < -0.39 is 0 Å². The Morgan fingerprint density at radius 1 is 1.12 bits per heavy atom. The molecule has 0 aliphatic heterocycles. The molecule has 1 heterocycles. The number of amides is 1. The van der Waals surface area contributed by atoms with Gasteiger partial charge in [0.05, 0.1) is 12.2 Å². The second kappa shape index (κ2) is 14.1. The van der Waals surface area contributed by atoms with Gasteiger partial charge in [0, 0.05) is 44.2 Å². The van der Waals surface area contributed by atoms with E-state index in [9.17, 15) is 4.79 Å². The number of guanidine groups is 1. The molecule has 0 atom stereocenters. The smallest absolute Gasteiger partial charge is 0.221 e. The number of nitrogens with zero attached hydrogens (tertiary/aromatic N) is 3. The summed E-state index contributed by atoms with van der Waals surface area (Å²) in [5.41, 5.74) is 2.98. The van der Waals surface area contributed by atoms with E-state index >= 15 is 0 Å². The van der Waals surface area contributed by atoms with Gasteiger partial charge in [0.1, 0.15) is 12.4 Å². The van der Waals surface area contributed by atoms with E-state index in [2.05, 4.69) is 50.3 Å². The maximum Gasteiger partial charge on any atom is 0.221 e. The molecule has 0 saturated heterocycles. The monoisotopic (exact) mass is 562 g/mol. The highest BCUT2D eigenvalue weighted by Gasteiger charge is 2.01. The molecule has 0 bridgehead atoms. The van der Waals surface area contributed by atoms with Crippen LogP contribution in [0.1, 0.15) is 19.4 Å². The highest BCUT2D eigenvalue weighted by molar-refractivity contribution is 14.0. The zero-order valence-corrected chi connectivity index (χ0v) is 21.3. The first-order chi connectivity index (χ1) is 15.6. The Bertz CT molecular complexity index is 1010. The summed E-state index contributed by atoms with van der Waals surface area (Å²) in [6.45, 7) is 6.06. The molecule has 0 radical (unpaired) electrons. The zero-order chi connectivity index (χ0) is 22.6. The van der Waals surface area contributed by atoms with Crippen molar-refractivity contribution in [3.8, 4) is 11.4 Å². The summed E-state index contributed by atoms with van der Waals surface area (Å²) >= 11 is 0. The number of carbonyl (C=O) groups excluding carboxylic acids is 1. The summed E-state index contributed by atoms with van der Waals surface area (Å²) in [7, 11) is 0. The number of aliphatic imine (C=N–C) groups is 1. The maximum atomic E-state index is 11.2. The number of aromatic nitrogens is 2. The van der Waals surface area contributed by atoms with Crippen LogP contribution in [0.15, 0.2) is 72.0 Å². The van der Waals surface area contributed by atoms with Gasteiger partial charge in [0.2, 0.25) is 5.91 Å². The number of anilines is 1. The normalized spacial score (nSPS) is 10.8. The van der Waals surface area contributed by atoms with Crippen molar-refractivity contribution in [1.82, 2.24) is 20.4 Å². The third-order valence-corrected chi connectivity index (χ3v) is 4.54. The predicted molar refractivity (Wildman–Crippen MR) is 143 cm³/mol. The minimum absolute atomic E-state index is 0. The number of nitrogens with one attached hydrogen (secondary N) is 3. The van der Waals surface area contributed by atoms with E-state index in [1.807, 2.05) is 42.1 Å². The van der Waals surface area contributed by atoms with Crippen LogP contribution in [0.3, 0.4) is 0 Å². The lowest BCUT2D eigenvalue weighted by Gasteiger charge is -2.12. The number of benzene rings is 2. The SMILES string of the molecule is CCNC(=NCCc1ccc(-n2cccn2)cc1)NCCOc1cccc(NC(C)=O)c1.I. The zero-order valence-electron chi connectivity index (χ0n) is 19.0. The summed E-state index contributed by atoms with van der Waals surface area (Å²) in [6.07, 6.45) is 4.55. The van der Waals surface area contributed by atoms with E-state index in [0.717, 1.165) is 30.3 Å². The largest absolute Gasteiger partial charge is 0.492 e. The van der Waals surface area contributed by atoms with Crippen molar-refractivity contribution in [3.05, 3.63) is 72.6 Å². The lowest BCUT2D eigenvalue weighted by atomic mass is 10.1. The van der Waals surface area contributed by atoms with Gasteiger partial charge in [0.15, 0.2) is 5.96 Å². The Morgan fingerprint density at radius 3 is 2.64 bits per heavy atom. The van der Waals surface area contributed by atoms with Crippen LogP contribution in [0.4, 0.5) is 5.69 Å². The quantitative estimate of drug-likeness (QED) is 0.152. The molecule has 0 aliphatic carbocycles. The van der Waals surface area contributed by atoms with Crippen LogP contribution < -0.4 is 20.7 Å². The maximum absolute atomic E-state index is 11.2. The third-order valence-electron chi connectivity index (χ3n) is 4.54. The Labute approximate surface area is 211 Å². The lowest BCUT2D eigenvalue weighted by Crippen LogP contribution is -2.39. The van der Waals surface area contributed by atoms with Crippen LogP contribution in [0.5, 0.6) is 5.75 Å². The minimum atomic E-state index is -0.107. The van der Waals surface area contributed by atoms with Gasteiger partial charge in [-0.2, -0.15) is 5.10 Å². The molecule has 0 unspecified atom stereocenters. The van der Waals surface area contributed by atoms with Crippen LogP contribution in [-0.4, -0.2) is 47.9 Å². The summed E-state index contributed by atoms with van der Waals surface area (Å²) in [5.74, 6) is 1.36. The fourth-order valence-electron chi connectivity index (χ4n) is 3.08. The van der Waals surface area contributed by atoms with E-state index in [1.165, 1.54) is 12.5 Å². The molecule has 3 aromatic rings. The molecule has 33 heavy (non-hydrogen) atoms. The van der Waals surface area contributed by atoms with E-state index in [4.69, 9.17) is 4.74 Å². The van der Waals surface area contributed by atoms with E-state index in [1.54, 1.807) is 12.3 Å². The first-order valence-electron chi connectivity index (χ1n) is 10.8. The van der Waals surface area contributed by atoms with Gasteiger partial charge >= 0.3 is 0 Å². The highest BCUT2D eigenvalue weighted by Crippen LogP contribution is 2.17. The van der Waals surface area contributed by atoms with Crippen LogP contribution in [0.25, 0.3) is 5.69 Å². The van der Waals surface area contributed by atoms with Gasteiger partial charge in [-0.05, 0) is 49.2 Å². The molecular formula is C24H31IN6O2. The number of hydrogen-bond acceptors (Lipinski definition) is 4. The van der Waals surface area contributed by atoms with Crippen LogP contribution in [0, 0.1) is 0 Å².